The Bertz CT molecular complexity index is 758. The molecule has 0 radical (unpaired) electrons. The Labute approximate surface area is 165 Å². The highest BCUT2D eigenvalue weighted by Crippen LogP contribution is 2.19. The number of hydrogen-bond donors (Lipinski definition) is 1. The van der Waals surface area contributed by atoms with Crippen molar-refractivity contribution in [2.75, 3.05) is 31.3 Å². The first-order valence-corrected chi connectivity index (χ1v) is 10.4. The minimum Gasteiger partial charge on any atom is -0.484 e. The lowest BCUT2D eigenvalue weighted by molar-refractivity contribution is -0.132. The van der Waals surface area contributed by atoms with E-state index in [0.29, 0.717) is 30.1 Å². The van der Waals surface area contributed by atoms with Crippen molar-refractivity contribution in [1.82, 2.24) is 4.90 Å². The predicted molar refractivity (Wildman–Crippen MR) is 111 cm³/mol. The minimum absolute atomic E-state index is 0.0179. The highest BCUT2D eigenvalue weighted by molar-refractivity contribution is 7.97. The molecular formula is C21H26N2O3S. The lowest BCUT2D eigenvalue weighted by atomic mass is 10.1. The lowest BCUT2D eigenvalue weighted by Crippen LogP contribution is -2.34. The van der Waals surface area contributed by atoms with E-state index in [1.807, 2.05) is 44.4 Å². The van der Waals surface area contributed by atoms with Gasteiger partial charge in [0.2, 0.25) is 0 Å². The second kappa shape index (κ2) is 10.6. The standard InChI is InChI=1S/C21H26N2O3S/c1-4-23(5-2)20(24)14-26-19-8-6-7-18(13-19)22-21(25)17-11-9-16(10-12-17)15-27-3/h6-13H,4-5,14-15H2,1-3H3,(H,22,25). The fourth-order valence-electron chi connectivity index (χ4n) is 2.60. The highest BCUT2D eigenvalue weighted by Gasteiger charge is 2.11. The normalized spacial score (nSPS) is 10.3. The van der Waals surface area contributed by atoms with Gasteiger partial charge in [0.15, 0.2) is 6.61 Å². The van der Waals surface area contributed by atoms with Gasteiger partial charge in [-0.2, -0.15) is 11.8 Å². The molecule has 6 heteroatoms. The third kappa shape index (κ3) is 6.32. The second-order valence-electron chi connectivity index (χ2n) is 5.97. The molecule has 0 heterocycles. The zero-order chi connectivity index (χ0) is 19.6. The van der Waals surface area contributed by atoms with Crippen molar-refractivity contribution in [3.8, 4) is 5.75 Å². The number of benzene rings is 2. The number of amides is 2. The van der Waals surface area contributed by atoms with Crippen LogP contribution in [-0.4, -0.2) is 42.7 Å². The second-order valence-corrected chi connectivity index (χ2v) is 6.83. The summed E-state index contributed by atoms with van der Waals surface area (Å²) in [5, 5.41) is 2.86. The van der Waals surface area contributed by atoms with Crippen LogP contribution >= 0.6 is 11.8 Å². The maximum Gasteiger partial charge on any atom is 0.260 e. The van der Waals surface area contributed by atoms with Crippen molar-refractivity contribution >= 4 is 29.3 Å². The molecule has 27 heavy (non-hydrogen) atoms. The number of hydrogen-bond acceptors (Lipinski definition) is 4. The Morgan fingerprint density at radius 1 is 1.07 bits per heavy atom. The summed E-state index contributed by atoms with van der Waals surface area (Å²) in [4.78, 5) is 26.2. The fourth-order valence-corrected chi connectivity index (χ4v) is 3.12. The van der Waals surface area contributed by atoms with Gasteiger partial charge in [-0.3, -0.25) is 9.59 Å². The number of nitrogens with zero attached hydrogens (tertiary/aromatic N) is 1. The Hall–Kier alpha value is -2.47. The maximum absolute atomic E-state index is 12.4. The maximum atomic E-state index is 12.4. The number of thioether (sulfide) groups is 1. The number of rotatable bonds is 9. The van der Waals surface area contributed by atoms with Crippen LogP contribution in [0.3, 0.4) is 0 Å². The van der Waals surface area contributed by atoms with Gasteiger partial charge < -0.3 is 15.0 Å². The van der Waals surface area contributed by atoms with E-state index in [0.717, 1.165) is 5.75 Å². The summed E-state index contributed by atoms with van der Waals surface area (Å²) in [5.74, 6) is 1.23. The Kier molecular flexibility index (Phi) is 8.20. The molecule has 0 aliphatic carbocycles. The van der Waals surface area contributed by atoms with E-state index in [4.69, 9.17) is 4.74 Å². The largest absolute Gasteiger partial charge is 0.484 e. The molecule has 0 spiro atoms. The zero-order valence-electron chi connectivity index (χ0n) is 16.0. The van der Waals surface area contributed by atoms with E-state index in [1.165, 1.54) is 5.56 Å². The van der Waals surface area contributed by atoms with E-state index in [1.54, 1.807) is 40.9 Å². The summed E-state index contributed by atoms with van der Waals surface area (Å²) >= 11 is 1.74. The molecule has 2 amide bonds. The lowest BCUT2D eigenvalue weighted by Gasteiger charge is -2.18. The van der Waals surface area contributed by atoms with Gasteiger partial charge in [0.1, 0.15) is 5.75 Å². The van der Waals surface area contributed by atoms with Crippen LogP contribution in [0.4, 0.5) is 5.69 Å². The first-order chi connectivity index (χ1) is 13.1. The molecule has 0 fully saturated rings. The topological polar surface area (TPSA) is 58.6 Å². The smallest absolute Gasteiger partial charge is 0.260 e. The number of carbonyl (C=O) groups excluding carboxylic acids is 2. The van der Waals surface area contributed by atoms with Gasteiger partial charge in [-0.25, -0.2) is 0 Å². The van der Waals surface area contributed by atoms with Crippen LogP contribution in [0.25, 0.3) is 0 Å². The molecule has 0 saturated heterocycles. The zero-order valence-corrected chi connectivity index (χ0v) is 16.8. The minimum atomic E-state index is -0.179. The van der Waals surface area contributed by atoms with Crippen LogP contribution in [0.5, 0.6) is 5.75 Å². The average molecular weight is 387 g/mol. The summed E-state index contributed by atoms with van der Waals surface area (Å²) < 4.78 is 5.58. The van der Waals surface area contributed by atoms with Gasteiger partial charge in [0, 0.05) is 36.2 Å². The van der Waals surface area contributed by atoms with E-state index in [2.05, 4.69) is 5.32 Å². The summed E-state index contributed by atoms with van der Waals surface area (Å²) in [6.07, 6.45) is 2.05. The number of carbonyl (C=O) groups is 2. The molecule has 0 bridgehead atoms. The summed E-state index contributed by atoms with van der Waals surface area (Å²) in [5.41, 5.74) is 2.41. The van der Waals surface area contributed by atoms with Crippen LogP contribution in [0.2, 0.25) is 0 Å². The molecule has 1 N–H and O–H groups in total. The molecule has 2 rings (SSSR count). The number of nitrogens with one attached hydrogen (secondary N) is 1. The van der Waals surface area contributed by atoms with Crippen molar-refractivity contribution in [3.63, 3.8) is 0 Å². The van der Waals surface area contributed by atoms with E-state index in [-0.39, 0.29) is 18.4 Å². The number of likely N-dealkylation sites (N-methyl/N-ethyl adjacent to an activating group) is 1. The highest BCUT2D eigenvalue weighted by atomic mass is 32.2. The van der Waals surface area contributed by atoms with Crippen molar-refractivity contribution in [1.29, 1.82) is 0 Å². The molecule has 0 aliphatic rings. The fraction of sp³-hybridized carbons (Fsp3) is 0.333. The first-order valence-electron chi connectivity index (χ1n) is 8.97. The van der Waals surface area contributed by atoms with E-state index in [9.17, 15) is 9.59 Å². The average Bonchev–Trinajstić information content (AvgIpc) is 2.68. The van der Waals surface area contributed by atoms with Crippen molar-refractivity contribution in [3.05, 3.63) is 59.7 Å². The van der Waals surface area contributed by atoms with Crippen molar-refractivity contribution < 1.29 is 14.3 Å². The Balaban J connectivity index is 1.96. The third-order valence-corrected chi connectivity index (χ3v) is 4.72. The van der Waals surface area contributed by atoms with Crippen LogP contribution in [0.15, 0.2) is 48.5 Å². The summed E-state index contributed by atoms with van der Waals surface area (Å²) in [6.45, 7) is 5.17. The Morgan fingerprint density at radius 2 is 1.78 bits per heavy atom. The first kappa shape index (κ1) is 20.8. The molecule has 0 aromatic heterocycles. The van der Waals surface area contributed by atoms with Gasteiger partial charge in [-0.1, -0.05) is 18.2 Å². The Morgan fingerprint density at radius 3 is 2.41 bits per heavy atom. The number of anilines is 1. The van der Waals surface area contributed by atoms with Crippen LogP contribution in [-0.2, 0) is 10.5 Å². The molecule has 2 aromatic rings. The van der Waals surface area contributed by atoms with Gasteiger partial charge in [-0.15, -0.1) is 0 Å². The molecule has 144 valence electrons. The molecule has 0 atom stereocenters. The molecule has 5 nitrogen and oxygen atoms in total. The molecule has 2 aromatic carbocycles. The van der Waals surface area contributed by atoms with E-state index < -0.39 is 0 Å². The summed E-state index contributed by atoms with van der Waals surface area (Å²) in [7, 11) is 0. The predicted octanol–water partition coefficient (Wildman–Crippen LogP) is 4.05. The van der Waals surface area contributed by atoms with Gasteiger partial charge in [-0.05, 0) is 49.9 Å². The van der Waals surface area contributed by atoms with Crippen molar-refractivity contribution in [2.45, 2.75) is 19.6 Å². The van der Waals surface area contributed by atoms with Crippen LogP contribution in [0, 0.1) is 0 Å². The van der Waals surface area contributed by atoms with E-state index >= 15 is 0 Å². The monoisotopic (exact) mass is 386 g/mol. The van der Waals surface area contributed by atoms with Crippen LogP contribution in [0.1, 0.15) is 29.8 Å². The van der Waals surface area contributed by atoms with Gasteiger partial charge in [0.05, 0.1) is 0 Å². The number of ether oxygens (including phenoxy) is 1. The third-order valence-electron chi connectivity index (χ3n) is 4.10. The molecule has 0 saturated carbocycles. The SMILES string of the molecule is CCN(CC)C(=O)COc1cccc(NC(=O)c2ccc(CSC)cc2)c1. The molecule has 0 unspecified atom stereocenters. The van der Waals surface area contributed by atoms with Gasteiger partial charge >= 0.3 is 0 Å². The van der Waals surface area contributed by atoms with Crippen molar-refractivity contribution in [2.24, 2.45) is 0 Å². The molecular weight excluding hydrogens is 360 g/mol. The summed E-state index contributed by atoms with van der Waals surface area (Å²) in [6, 6.07) is 14.6. The van der Waals surface area contributed by atoms with Gasteiger partial charge in [0.25, 0.3) is 11.8 Å². The van der Waals surface area contributed by atoms with Crippen LogP contribution < -0.4 is 10.1 Å². The quantitative estimate of drug-likeness (QED) is 0.706. The molecule has 0 aliphatic heterocycles.